The predicted octanol–water partition coefficient (Wildman–Crippen LogP) is 15.3. The average Bonchev–Trinajstić information content (AvgIpc) is 3.31. The molecule has 0 fully saturated rings. The molecule has 0 radical (unpaired) electrons. The second-order valence-electron chi connectivity index (χ2n) is 17.3. The minimum absolute atomic E-state index is 0.128. The molecule has 8 aromatic carbocycles. The lowest BCUT2D eigenvalue weighted by molar-refractivity contribution is 0.0996. The van der Waals surface area contributed by atoms with Crippen LogP contribution in [0, 0.1) is 62.3 Å². The third kappa shape index (κ3) is 30.1. The average molecular weight is 951 g/mol. The number of aliphatic hydroxyl groups excluding tert-OH is 1. The number of primary amides is 1. The molecule has 8 aromatic rings. The number of carbonyl (C=O) groups is 2. The van der Waals surface area contributed by atoms with Crippen molar-refractivity contribution in [3.63, 3.8) is 0 Å². The SMILES string of the molecule is C=C(O)c1cccc(C)c1.CC(=O)c1cccc(C)c1.Cc1ccc(N)cc1.Cc1cccc(C(N)=O)c1.Cc1cccc(C)c1.Cc1cccc(N(C)C)c1.Cc1cccc(N)c1.Cc1ccccc1. The van der Waals surface area contributed by atoms with Gasteiger partial charge in [-0.1, -0.05) is 185 Å². The predicted molar refractivity (Wildman–Crippen MR) is 308 cm³/mol. The Labute approximate surface area is 426 Å². The Balaban J connectivity index is 0.000000407. The summed E-state index contributed by atoms with van der Waals surface area (Å²) in [4.78, 5) is 23.5. The highest BCUT2D eigenvalue weighted by atomic mass is 16.3. The molecule has 0 bridgehead atoms. The van der Waals surface area contributed by atoms with Crippen molar-refractivity contribution in [2.24, 2.45) is 5.73 Å². The molecular weight excluding hydrogens is 873 g/mol. The van der Waals surface area contributed by atoms with Gasteiger partial charge in [0.25, 0.3) is 0 Å². The van der Waals surface area contributed by atoms with Gasteiger partial charge in [0.1, 0.15) is 5.76 Å². The Bertz CT molecular complexity index is 2550. The van der Waals surface area contributed by atoms with E-state index in [1.54, 1.807) is 19.1 Å². The first-order chi connectivity index (χ1) is 33.6. The van der Waals surface area contributed by atoms with Gasteiger partial charge in [0.2, 0.25) is 5.91 Å². The molecular formula is C64H78N4O3. The van der Waals surface area contributed by atoms with Gasteiger partial charge in [0, 0.05) is 47.8 Å². The number of ketones is 1. The van der Waals surface area contributed by atoms with Crippen molar-refractivity contribution in [2.75, 3.05) is 30.5 Å². The molecule has 0 aliphatic heterocycles. The molecule has 0 unspecified atom stereocenters. The summed E-state index contributed by atoms with van der Waals surface area (Å²) in [5.74, 6) is -0.115. The summed E-state index contributed by atoms with van der Waals surface area (Å²) in [5.41, 5.74) is 32.1. The minimum Gasteiger partial charge on any atom is -0.508 e. The minimum atomic E-state index is -0.372. The number of benzene rings is 8. The van der Waals surface area contributed by atoms with Crippen LogP contribution in [0.5, 0.6) is 0 Å². The van der Waals surface area contributed by atoms with Crippen molar-refractivity contribution in [1.29, 1.82) is 0 Å². The van der Waals surface area contributed by atoms with E-state index in [2.05, 4.69) is 114 Å². The van der Waals surface area contributed by atoms with Gasteiger partial charge < -0.3 is 27.2 Å². The number of amides is 1. The number of carbonyl (C=O) groups excluding carboxylic acids is 2. The van der Waals surface area contributed by atoms with Crippen molar-refractivity contribution in [3.05, 3.63) is 274 Å². The maximum Gasteiger partial charge on any atom is 0.248 e. The van der Waals surface area contributed by atoms with Crippen molar-refractivity contribution in [2.45, 2.75) is 69.2 Å². The number of Topliss-reactive ketones (excluding diaryl/α,β-unsaturated/α-hetero) is 1. The normalized spacial score (nSPS) is 9.24. The first-order valence-electron chi connectivity index (χ1n) is 23.4. The molecule has 0 saturated heterocycles. The fourth-order valence-corrected chi connectivity index (χ4v) is 5.97. The van der Waals surface area contributed by atoms with E-state index in [0.717, 1.165) is 39.2 Å². The highest BCUT2D eigenvalue weighted by Crippen LogP contribution is 2.12. The number of hydrogen-bond acceptors (Lipinski definition) is 6. The molecule has 0 aromatic heterocycles. The van der Waals surface area contributed by atoms with Gasteiger partial charge in [0.15, 0.2) is 5.78 Å². The lowest BCUT2D eigenvalue weighted by Gasteiger charge is -2.11. The lowest BCUT2D eigenvalue weighted by Crippen LogP contribution is -2.10. The first-order valence-corrected chi connectivity index (χ1v) is 23.4. The highest BCUT2D eigenvalue weighted by molar-refractivity contribution is 5.94. The molecule has 7 nitrogen and oxygen atoms in total. The van der Waals surface area contributed by atoms with E-state index in [1.165, 1.54) is 39.1 Å². The van der Waals surface area contributed by atoms with E-state index < -0.39 is 0 Å². The van der Waals surface area contributed by atoms with Gasteiger partial charge in [-0.3, -0.25) is 9.59 Å². The van der Waals surface area contributed by atoms with E-state index in [-0.39, 0.29) is 17.4 Å². The molecule has 0 heterocycles. The standard InChI is InChI=1S/C9H13N.2C9H10O.C8H9NO.C8H10.2C7H9N.C7H8/c1-8-5-4-6-9(7-8)10(2)3;2*1-7-4-3-5-9(6-7)8(2)10;1-6-3-2-4-7(5-6)8(9)10;1-7-4-3-5-8(2)6-7;1-6-2-4-7(8)5-3-6;1-6-3-2-4-7(8)5-6;1-7-5-3-2-4-6-7/h4-7H,1-3H3;3-6H,1-2H3;3-6,10H,2H2,1H3;2-5H,1H3,(H2,9,10);3-6H,1-2H3;2*2-5H,8H2,1H3;2-6H,1H3. The highest BCUT2D eigenvalue weighted by Gasteiger charge is 1.98. The fourth-order valence-electron chi connectivity index (χ4n) is 5.97. The van der Waals surface area contributed by atoms with Gasteiger partial charge >= 0.3 is 0 Å². The smallest absolute Gasteiger partial charge is 0.248 e. The molecule has 0 aliphatic rings. The van der Waals surface area contributed by atoms with Crippen molar-refractivity contribution < 1.29 is 14.7 Å². The van der Waals surface area contributed by atoms with E-state index in [4.69, 9.17) is 22.3 Å². The molecule has 8 rings (SSSR count). The fraction of sp³-hybridized carbons (Fsp3) is 0.188. The summed E-state index contributed by atoms with van der Waals surface area (Å²) in [5, 5.41) is 8.95. The van der Waals surface area contributed by atoms with Crippen LogP contribution in [-0.2, 0) is 0 Å². The molecule has 0 atom stereocenters. The summed E-state index contributed by atoms with van der Waals surface area (Å²) in [7, 11) is 4.10. The van der Waals surface area contributed by atoms with Gasteiger partial charge in [-0.05, 0) is 141 Å². The molecule has 0 aliphatic carbocycles. The Hall–Kier alpha value is -8.16. The zero-order chi connectivity index (χ0) is 53.3. The number of nitrogens with two attached hydrogens (primary N) is 3. The van der Waals surface area contributed by atoms with Crippen molar-refractivity contribution >= 4 is 34.5 Å². The third-order valence-corrected chi connectivity index (χ3v) is 9.83. The van der Waals surface area contributed by atoms with E-state index >= 15 is 0 Å². The quantitative estimate of drug-likeness (QED) is 0.0788. The van der Waals surface area contributed by atoms with Gasteiger partial charge in [-0.2, -0.15) is 0 Å². The number of anilines is 3. The zero-order valence-electron chi connectivity index (χ0n) is 44.2. The summed E-state index contributed by atoms with van der Waals surface area (Å²) in [6.45, 7) is 23.3. The van der Waals surface area contributed by atoms with Gasteiger partial charge in [-0.15, -0.1) is 0 Å². The molecule has 372 valence electrons. The molecule has 0 spiro atoms. The van der Waals surface area contributed by atoms with Crippen LogP contribution in [0.25, 0.3) is 5.76 Å². The number of aliphatic hydroxyl groups is 1. The van der Waals surface area contributed by atoms with E-state index in [9.17, 15) is 9.59 Å². The number of aryl methyl sites for hydroxylation is 9. The Morgan fingerprint density at radius 1 is 0.394 bits per heavy atom. The molecule has 7 heteroatoms. The monoisotopic (exact) mass is 951 g/mol. The Morgan fingerprint density at radius 2 is 0.746 bits per heavy atom. The van der Waals surface area contributed by atoms with Gasteiger partial charge in [0.05, 0.1) is 0 Å². The second kappa shape index (κ2) is 34.2. The topological polar surface area (TPSA) is 136 Å². The van der Waals surface area contributed by atoms with Gasteiger partial charge in [-0.25, -0.2) is 0 Å². The van der Waals surface area contributed by atoms with Crippen molar-refractivity contribution in [3.8, 4) is 0 Å². The van der Waals surface area contributed by atoms with Crippen LogP contribution in [0.2, 0.25) is 0 Å². The Morgan fingerprint density at radius 3 is 1.01 bits per heavy atom. The van der Waals surface area contributed by atoms with Crippen LogP contribution >= 0.6 is 0 Å². The molecule has 71 heavy (non-hydrogen) atoms. The van der Waals surface area contributed by atoms with Crippen LogP contribution in [0.1, 0.15) is 83.3 Å². The summed E-state index contributed by atoms with van der Waals surface area (Å²) in [6.07, 6.45) is 0. The van der Waals surface area contributed by atoms with Crippen LogP contribution in [-0.4, -0.2) is 30.9 Å². The third-order valence-electron chi connectivity index (χ3n) is 9.83. The van der Waals surface area contributed by atoms with Crippen LogP contribution in [0.3, 0.4) is 0 Å². The molecule has 1 amide bonds. The largest absolute Gasteiger partial charge is 0.508 e. The maximum atomic E-state index is 10.8. The van der Waals surface area contributed by atoms with Crippen molar-refractivity contribution in [1.82, 2.24) is 0 Å². The number of nitrogen functional groups attached to an aromatic ring is 2. The summed E-state index contributed by atoms with van der Waals surface area (Å²) in [6, 6.07) is 65.1. The van der Waals surface area contributed by atoms with Crippen LogP contribution in [0.15, 0.2) is 207 Å². The maximum absolute atomic E-state index is 10.8. The Kier molecular flexibility index (Phi) is 29.3. The van der Waals surface area contributed by atoms with Crippen LogP contribution < -0.4 is 22.1 Å². The molecule has 0 saturated carbocycles. The number of rotatable bonds is 4. The van der Waals surface area contributed by atoms with E-state index in [0.29, 0.717) is 5.56 Å². The zero-order valence-corrected chi connectivity index (χ0v) is 44.2. The lowest BCUT2D eigenvalue weighted by atomic mass is 10.1. The second-order valence-corrected chi connectivity index (χ2v) is 17.3. The van der Waals surface area contributed by atoms with Crippen LogP contribution in [0.4, 0.5) is 17.1 Å². The number of hydrogen-bond donors (Lipinski definition) is 4. The van der Waals surface area contributed by atoms with E-state index in [1.807, 2.05) is 162 Å². The number of nitrogens with zero attached hydrogens (tertiary/aromatic N) is 1. The summed E-state index contributed by atoms with van der Waals surface area (Å²) >= 11 is 0. The molecule has 7 N–H and O–H groups in total. The first kappa shape index (κ1) is 60.9. The summed E-state index contributed by atoms with van der Waals surface area (Å²) < 4.78 is 0.